The van der Waals surface area contributed by atoms with E-state index in [2.05, 4.69) is 5.32 Å². The van der Waals surface area contributed by atoms with Crippen molar-refractivity contribution in [2.24, 2.45) is 5.41 Å². The van der Waals surface area contributed by atoms with Gasteiger partial charge in [-0.05, 0) is 37.5 Å². The van der Waals surface area contributed by atoms with Gasteiger partial charge in [-0.2, -0.15) is 4.31 Å². The van der Waals surface area contributed by atoms with Crippen LogP contribution < -0.4 is 5.32 Å². The second-order valence-electron chi connectivity index (χ2n) is 6.18. The molecule has 1 aromatic rings. The minimum absolute atomic E-state index is 0.0160. The Balaban J connectivity index is 1.93. The standard InChI is InChI=1S/C15H17FN2O5S/c16-11-3-2-10(13(19)20)8-12(11)24(22,23)18-7-5-15(9-18)4-1-6-17-14(15)21/h2-3,8H,1,4-7,9H2,(H,17,21)(H,19,20)/t15-/m1/s1. The van der Waals surface area contributed by atoms with E-state index in [0.29, 0.717) is 19.4 Å². The van der Waals surface area contributed by atoms with Gasteiger partial charge in [-0.25, -0.2) is 17.6 Å². The van der Waals surface area contributed by atoms with Gasteiger partial charge >= 0.3 is 5.97 Å². The van der Waals surface area contributed by atoms with Crippen LogP contribution in [0.3, 0.4) is 0 Å². The van der Waals surface area contributed by atoms with Crippen molar-refractivity contribution in [2.75, 3.05) is 19.6 Å². The molecule has 0 aliphatic carbocycles. The number of carbonyl (C=O) groups excluding carboxylic acids is 1. The number of benzene rings is 1. The summed E-state index contributed by atoms with van der Waals surface area (Å²) in [7, 11) is -4.21. The van der Waals surface area contributed by atoms with Crippen molar-refractivity contribution in [3.63, 3.8) is 0 Å². The molecular formula is C15H17FN2O5S. The summed E-state index contributed by atoms with van der Waals surface area (Å²) in [4.78, 5) is 22.5. The van der Waals surface area contributed by atoms with Crippen molar-refractivity contribution in [1.82, 2.24) is 9.62 Å². The maximum absolute atomic E-state index is 14.0. The van der Waals surface area contributed by atoms with Crippen LogP contribution in [0.5, 0.6) is 0 Å². The average Bonchev–Trinajstić information content (AvgIpc) is 2.96. The predicted molar refractivity (Wildman–Crippen MR) is 81.4 cm³/mol. The van der Waals surface area contributed by atoms with E-state index >= 15 is 0 Å². The van der Waals surface area contributed by atoms with Crippen molar-refractivity contribution in [3.05, 3.63) is 29.6 Å². The zero-order valence-corrected chi connectivity index (χ0v) is 13.6. The van der Waals surface area contributed by atoms with Gasteiger partial charge in [0.1, 0.15) is 10.7 Å². The van der Waals surface area contributed by atoms with Crippen LogP contribution in [0.25, 0.3) is 0 Å². The van der Waals surface area contributed by atoms with Crippen LogP contribution in [-0.2, 0) is 14.8 Å². The third-order valence-electron chi connectivity index (χ3n) is 4.71. The molecule has 0 saturated carbocycles. The van der Waals surface area contributed by atoms with Gasteiger partial charge in [0.25, 0.3) is 0 Å². The van der Waals surface area contributed by atoms with Gasteiger partial charge in [-0.15, -0.1) is 0 Å². The Hall–Kier alpha value is -2.00. The van der Waals surface area contributed by atoms with Gasteiger partial charge in [0.15, 0.2) is 0 Å². The molecule has 3 rings (SSSR count). The molecule has 1 aromatic carbocycles. The summed E-state index contributed by atoms with van der Waals surface area (Å²) in [6, 6.07) is 2.66. The third-order valence-corrected chi connectivity index (χ3v) is 6.57. The molecule has 1 spiro atoms. The van der Waals surface area contributed by atoms with E-state index in [1.54, 1.807) is 0 Å². The first kappa shape index (κ1) is 16.8. The molecule has 1 amide bonds. The number of piperidine rings is 1. The number of nitrogens with one attached hydrogen (secondary N) is 1. The zero-order valence-electron chi connectivity index (χ0n) is 12.8. The molecule has 2 heterocycles. The molecule has 2 saturated heterocycles. The molecule has 0 unspecified atom stereocenters. The minimum atomic E-state index is -4.21. The van der Waals surface area contributed by atoms with Crippen LogP contribution in [-0.4, -0.2) is 49.3 Å². The fourth-order valence-electron chi connectivity index (χ4n) is 3.33. The number of rotatable bonds is 3. The fourth-order valence-corrected chi connectivity index (χ4v) is 4.95. The Morgan fingerprint density at radius 3 is 2.75 bits per heavy atom. The highest BCUT2D eigenvalue weighted by atomic mass is 32.2. The van der Waals surface area contributed by atoms with E-state index in [4.69, 9.17) is 5.11 Å². The van der Waals surface area contributed by atoms with Gasteiger partial charge in [0.2, 0.25) is 15.9 Å². The topological polar surface area (TPSA) is 104 Å². The number of nitrogens with zero attached hydrogens (tertiary/aromatic N) is 1. The van der Waals surface area contributed by atoms with Crippen molar-refractivity contribution in [1.29, 1.82) is 0 Å². The SMILES string of the molecule is O=C(O)c1ccc(F)c(S(=O)(=O)N2CC[C@]3(CCCNC3=O)C2)c1. The van der Waals surface area contributed by atoms with E-state index in [-0.39, 0.29) is 24.6 Å². The van der Waals surface area contributed by atoms with Gasteiger partial charge < -0.3 is 10.4 Å². The summed E-state index contributed by atoms with van der Waals surface area (Å²) in [5.41, 5.74) is -1.08. The molecule has 0 bridgehead atoms. The summed E-state index contributed by atoms with van der Waals surface area (Å²) in [6.07, 6.45) is 1.73. The van der Waals surface area contributed by atoms with Crippen LogP contribution in [0, 0.1) is 11.2 Å². The number of amides is 1. The average molecular weight is 356 g/mol. The van der Waals surface area contributed by atoms with Crippen LogP contribution >= 0.6 is 0 Å². The molecule has 1 atom stereocenters. The highest BCUT2D eigenvalue weighted by Crippen LogP contribution is 2.39. The quantitative estimate of drug-likeness (QED) is 0.834. The van der Waals surface area contributed by atoms with Gasteiger partial charge in [0.05, 0.1) is 11.0 Å². The second kappa shape index (κ2) is 5.82. The number of sulfonamides is 1. The first-order valence-corrected chi connectivity index (χ1v) is 9.02. The van der Waals surface area contributed by atoms with Gasteiger partial charge in [-0.3, -0.25) is 4.79 Å². The van der Waals surface area contributed by atoms with Crippen LogP contribution in [0.4, 0.5) is 4.39 Å². The largest absolute Gasteiger partial charge is 0.478 e. The van der Waals surface area contributed by atoms with E-state index in [0.717, 1.165) is 28.9 Å². The molecule has 2 aliphatic heterocycles. The highest BCUT2D eigenvalue weighted by Gasteiger charge is 2.49. The smallest absolute Gasteiger partial charge is 0.335 e. The minimum Gasteiger partial charge on any atom is -0.478 e. The Bertz CT molecular complexity index is 810. The van der Waals surface area contributed by atoms with E-state index in [9.17, 15) is 22.4 Å². The molecule has 24 heavy (non-hydrogen) atoms. The lowest BCUT2D eigenvalue weighted by Crippen LogP contribution is -2.47. The van der Waals surface area contributed by atoms with E-state index < -0.39 is 32.1 Å². The number of aromatic carboxylic acids is 1. The number of carbonyl (C=O) groups is 2. The lowest BCUT2D eigenvalue weighted by Gasteiger charge is -2.32. The van der Waals surface area contributed by atoms with E-state index in [1.165, 1.54) is 0 Å². The first-order chi connectivity index (χ1) is 11.3. The molecular weight excluding hydrogens is 339 g/mol. The Labute approximate surface area is 138 Å². The predicted octanol–water partition coefficient (Wildman–Crippen LogP) is 0.815. The highest BCUT2D eigenvalue weighted by molar-refractivity contribution is 7.89. The Kier molecular flexibility index (Phi) is 4.08. The summed E-state index contributed by atoms with van der Waals surface area (Å²) < 4.78 is 40.5. The summed E-state index contributed by atoms with van der Waals surface area (Å²) in [5, 5.41) is 11.7. The summed E-state index contributed by atoms with van der Waals surface area (Å²) in [6.45, 7) is 0.660. The summed E-state index contributed by atoms with van der Waals surface area (Å²) in [5.74, 6) is -2.52. The Morgan fingerprint density at radius 2 is 2.08 bits per heavy atom. The third kappa shape index (κ3) is 2.67. The lowest BCUT2D eigenvalue weighted by molar-refractivity contribution is -0.132. The molecule has 2 aliphatic rings. The second-order valence-corrected chi connectivity index (χ2v) is 8.09. The fraction of sp³-hybridized carbons (Fsp3) is 0.467. The number of hydrogen-bond acceptors (Lipinski definition) is 4. The molecule has 0 aromatic heterocycles. The Morgan fingerprint density at radius 1 is 1.33 bits per heavy atom. The van der Waals surface area contributed by atoms with Crippen LogP contribution in [0.15, 0.2) is 23.1 Å². The maximum atomic E-state index is 14.0. The number of halogens is 1. The molecule has 2 N–H and O–H groups in total. The molecule has 7 nitrogen and oxygen atoms in total. The lowest BCUT2D eigenvalue weighted by atomic mass is 9.79. The monoisotopic (exact) mass is 356 g/mol. The molecule has 9 heteroatoms. The van der Waals surface area contributed by atoms with Crippen LogP contribution in [0.2, 0.25) is 0 Å². The van der Waals surface area contributed by atoms with Gasteiger partial charge in [0, 0.05) is 19.6 Å². The van der Waals surface area contributed by atoms with Crippen molar-refractivity contribution in [3.8, 4) is 0 Å². The number of carboxylic acid groups (broad SMARTS) is 1. The van der Waals surface area contributed by atoms with Crippen molar-refractivity contribution in [2.45, 2.75) is 24.2 Å². The van der Waals surface area contributed by atoms with Gasteiger partial charge in [-0.1, -0.05) is 0 Å². The number of carboxylic acids is 1. The molecule has 2 fully saturated rings. The first-order valence-electron chi connectivity index (χ1n) is 7.58. The van der Waals surface area contributed by atoms with Crippen LogP contribution in [0.1, 0.15) is 29.6 Å². The zero-order chi connectivity index (χ0) is 17.5. The maximum Gasteiger partial charge on any atom is 0.335 e. The van der Waals surface area contributed by atoms with E-state index in [1.807, 2.05) is 0 Å². The molecule has 0 radical (unpaired) electrons. The van der Waals surface area contributed by atoms with Crippen molar-refractivity contribution >= 4 is 21.9 Å². The normalized spacial score (nSPS) is 25.0. The molecule has 130 valence electrons. The number of hydrogen-bond donors (Lipinski definition) is 2. The summed E-state index contributed by atoms with van der Waals surface area (Å²) >= 11 is 0. The van der Waals surface area contributed by atoms with Crippen molar-refractivity contribution < 1.29 is 27.5 Å².